The summed E-state index contributed by atoms with van der Waals surface area (Å²) in [5, 5.41) is 11.1. The molecule has 0 aliphatic rings. The summed E-state index contributed by atoms with van der Waals surface area (Å²) in [6.07, 6.45) is 0.996. The van der Waals surface area contributed by atoms with Crippen molar-refractivity contribution in [3.8, 4) is 0 Å². The number of aryl methyl sites for hydroxylation is 2. The second-order valence-electron chi connectivity index (χ2n) is 3.57. The third-order valence-electron chi connectivity index (χ3n) is 2.35. The van der Waals surface area contributed by atoms with Crippen molar-refractivity contribution >= 4 is 33.3 Å². The van der Waals surface area contributed by atoms with Gasteiger partial charge in [0, 0.05) is 25.8 Å². The Morgan fingerprint density at radius 2 is 2.19 bits per heavy atom. The zero-order valence-electron chi connectivity index (χ0n) is 9.80. The molecule has 0 aromatic carbocycles. The summed E-state index contributed by atoms with van der Waals surface area (Å²) < 4.78 is 3.12. The molecule has 0 aliphatic heterocycles. The lowest BCUT2D eigenvalue weighted by atomic mass is 10.4. The molecule has 1 aromatic rings. The fraction of sp³-hybridized carbons (Fsp3) is 0.600. The van der Waals surface area contributed by atoms with E-state index in [2.05, 4.69) is 38.6 Å². The van der Waals surface area contributed by atoms with Gasteiger partial charge in [0.2, 0.25) is 0 Å². The molecule has 0 saturated carbocycles. The molecule has 0 radical (unpaired) electrons. The van der Waals surface area contributed by atoms with Crippen LogP contribution in [0.15, 0.2) is 4.47 Å². The largest absolute Gasteiger partial charge is 0.366 e. The lowest BCUT2D eigenvalue weighted by Gasteiger charge is -2.07. The highest BCUT2D eigenvalue weighted by Crippen LogP contribution is 2.19. The molecule has 0 spiro atoms. The maximum atomic E-state index is 4.98. The van der Waals surface area contributed by atoms with Crippen LogP contribution in [0.1, 0.15) is 17.8 Å². The predicted molar refractivity (Wildman–Crippen MR) is 73.7 cm³/mol. The smallest absolute Gasteiger partial charge is 0.166 e. The Hall–Kier alpha value is -0.620. The van der Waals surface area contributed by atoms with E-state index >= 15 is 0 Å². The molecule has 4 nitrogen and oxygen atoms in total. The minimum Gasteiger partial charge on any atom is -0.366 e. The first-order valence-corrected chi connectivity index (χ1v) is 6.41. The van der Waals surface area contributed by atoms with Crippen LogP contribution in [0.4, 0.5) is 0 Å². The third kappa shape index (κ3) is 3.45. The number of rotatable bonds is 4. The summed E-state index contributed by atoms with van der Waals surface area (Å²) in [4.78, 5) is 0. The average Bonchev–Trinajstić information content (AvgIpc) is 2.52. The summed E-state index contributed by atoms with van der Waals surface area (Å²) in [6, 6.07) is 0. The highest BCUT2D eigenvalue weighted by atomic mass is 79.9. The van der Waals surface area contributed by atoms with Gasteiger partial charge >= 0.3 is 0 Å². The molecule has 0 saturated heterocycles. The summed E-state index contributed by atoms with van der Waals surface area (Å²) in [5.74, 6) is 0. The van der Waals surface area contributed by atoms with Crippen molar-refractivity contribution in [2.45, 2.75) is 26.8 Å². The van der Waals surface area contributed by atoms with Crippen molar-refractivity contribution in [3.63, 3.8) is 0 Å². The van der Waals surface area contributed by atoms with E-state index in [-0.39, 0.29) is 0 Å². The van der Waals surface area contributed by atoms with Gasteiger partial charge in [-0.25, -0.2) is 0 Å². The van der Waals surface area contributed by atoms with Crippen molar-refractivity contribution in [3.05, 3.63) is 15.9 Å². The lowest BCUT2D eigenvalue weighted by Crippen LogP contribution is -2.33. The van der Waals surface area contributed by atoms with Crippen LogP contribution < -0.4 is 10.6 Å². The number of thiocarbonyl (C=S) groups is 1. The molecular formula is C10H17BrN4S. The molecule has 0 atom stereocenters. The minimum atomic E-state index is 0.689. The summed E-state index contributed by atoms with van der Waals surface area (Å²) >= 11 is 8.50. The Labute approximate surface area is 110 Å². The van der Waals surface area contributed by atoms with E-state index in [0.29, 0.717) is 5.11 Å². The Morgan fingerprint density at radius 1 is 1.50 bits per heavy atom. The summed E-state index contributed by atoms with van der Waals surface area (Å²) in [6.45, 7) is 5.82. The van der Waals surface area contributed by atoms with Crippen molar-refractivity contribution < 1.29 is 0 Å². The van der Waals surface area contributed by atoms with Gasteiger partial charge in [-0.3, -0.25) is 4.68 Å². The van der Waals surface area contributed by atoms with Gasteiger partial charge in [0.15, 0.2) is 5.11 Å². The monoisotopic (exact) mass is 304 g/mol. The standard InChI is InChI=1S/C10H17BrN4S/c1-7-9(11)8(2)15(14-7)6-4-5-13-10(16)12-3/h4-6H2,1-3H3,(H2,12,13,16). The minimum absolute atomic E-state index is 0.689. The van der Waals surface area contributed by atoms with E-state index in [9.17, 15) is 0 Å². The highest BCUT2D eigenvalue weighted by molar-refractivity contribution is 9.10. The number of hydrogen-bond donors (Lipinski definition) is 2. The first-order valence-electron chi connectivity index (χ1n) is 5.21. The van der Waals surface area contributed by atoms with Gasteiger partial charge in [0.1, 0.15) is 0 Å². The van der Waals surface area contributed by atoms with E-state index in [4.69, 9.17) is 12.2 Å². The normalized spacial score (nSPS) is 10.2. The van der Waals surface area contributed by atoms with Gasteiger partial charge in [-0.05, 0) is 48.4 Å². The number of halogens is 1. The molecule has 0 bridgehead atoms. The highest BCUT2D eigenvalue weighted by Gasteiger charge is 2.07. The SMILES string of the molecule is CNC(=S)NCCCn1nc(C)c(Br)c1C. The molecule has 0 aliphatic carbocycles. The lowest BCUT2D eigenvalue weighted by molar-refractivity contribution is 0.557. The quantitative estimate of drug-likeness (QED) is 0.657. The molecule has 0 fully saturated rings. The van der Waals surface area contributed by atoms with Crippen LogP contribution in [0, 0.1) is 13.8 Å². The summed E-state index contributed by atoms with van der Waals surface area (Å²) in [5.41, 5.74) is 2.21. The first-order chi connectivity index (χ1) is 7.56. The van der Waals surface area contributed by atoms with Crippen LogP contribution in [-0.4, -0.2) is 28.5 Å². The topological polar surface area (TPSA) is 41.9 Å². The molecule has 16 heavy (non-hydrogen) atoms. The van der Waals surface area contributed by atoms with Gasteiger partial charge in [-0.15, -0.1) is 0 Å². The number of aromatic nitrogens is 2. The van der Waals surface area contributed by atoms with Crippen LogP contribution >= 0.6 is 28.1 Å². The molecule has 1 rings (SSSR count). The van der Waals surface area contributed by atoms with Crippen LogP contribution in [-0.2, 0) is 6.54 Å². The Kier molecular flexibility index (Phi) is 5.21. The van der Waals surface area contributed by atoms with E-state index in [1.807, 2.05) is 18.7 Å². The van der Waals surface area contributed by atoms with Gasteiger partial charge in [-0.2, -0.15) is 5.10 Å². The van der Waals surface area contributed by atoms with Crippen LogP contribution in [0.3, 0.4) is 0 Å². The number of hydrogen-bond acceptors (Lipinski definition) is 2. The Morgan fingerprint density at radius 3 is 2.69 bits per heavy atom. The summed E-state index contributed by atoms with van der Waals surface area (Å²) in [7, 11) is 1.81. The molecule has 6 heteroatoms. The van der Waals surface area contributed by atoms with Crippen LogP contribution in [0.5, 0.6) is 0 Å². The molecule has 90 valence electrons. The van der Waals surface area contributed by atoms with E-state index in [1.54, 1.807) is 0 Å². The number of nitrogens with one attached hydrogen (secondary N) is 2. The van der Waals surface area contributed by atoms with Gasteiger partial charge < -0.3 is 10.6 Å². The van der Waals surface area contributed by atoms with Crippen LogP contribution in [0.25, 0.3) is 0 Å². The fourth-order valence-electron chi connectivity index (χ4n) is 1.41. The zero-order valence-corrected chi connectivity index (χ0v) is 12.2. The van der Waals surface area contributed by atoms with E-state index < -0.39 is 0 Å². The Bertz CT molecular complexity index is 375. The van der Waals surface area contributed by atoms with Gasteiger partial charge in [0.25, 0.3) is 0 Å². The third-order valence-corrected chi connectivity index (χ3v) is 3.85. The number of nitrogens with zero attached hydrogens (tertiary/aromatic N) is 2. The molecule has 2 N–H and O–H groups in total. The van der Waals surface area contributed by atoms with Crippen molar-refractivity contribution in [2.24, 2.45) is 0 Å². The van der Waals surface area contributed by atoms with Gasteiger partial charge in [-0.1, -0.05) is 0 Å². The maximum Gasteiger partial charge on any atom is 0.166 e. The van der Waals surface area contributed by atoms with Crippen molar-refractivity contribution in [1.82, 2.24) is 20.4 Å². The second kappa shape index (κ2) is 6.20. The second-order valence-corrected chi connectivity index (χ2v) is 4.77. The van der Waals surface area contributed by atoms with Crippen molar-refractivity contribution in [2.75, 3.05) is 13.6 Å². The van der Waals surface area contributed by atoms with Crippen LogP contribution in [0.2, 0.25) is 0 Å². The van der Waals surface area contributed by atoms with Crippen molar-refractivity contribution in [1.29, 1.82) is 0 Å². The van der Waals surface area contributed by atoms with E-state index in [1.165, 1.54) is 5.69 Å². The fourth-order valence-corrected chi connectivity index (χ4v) is 1.80. The van der Waals surface area contributed by atoms with E-state index in [0.717, 1.165) is 29.7 Å². The zero-order chi connectivity index (χ0) is 12.1. The Balaban J connectivity index is 2.38. The average molecular weight is 305 g/mol. The predicted octanol–water partition coefficient (Wildman–Crippen LogP) is 1.75. The molecule has 1 heterocycles. The molecule has 0 amide bonds. The maximum absolute atomic E-state index is 4.98. The first kappa shape index (κ1) is 13.4. The molecule has 1 aromatic heterocycles. The molecular weight excluding hydrogens is 288 g/mol. The molecule has 0 unspecified atom stereocenters. The van der Waals surface area contributed by atoms with Gasteiger partial charge in [0.05, 0.1) is 10.2 Å².